The van der Waals surface area contributed by atoms with Crippen molar-refractivity contribution in [2.75, 3.05) is 24.3 Å². The summed E-state index contributed by atoms with van der Waals surface area (Å²) in [6.45, 7) is 1.39. The zero-order valence-corrected chi connectivity index (χ0v) is 12.9. The van der Waals surface area contributed by atoms with Gasteiger partial charge in [0.1, 0.15) is 0 Å². The Morgan fingerprint density at radius 1 is 1.32 bits per heavy atom. The first-order chi connectivity index (χ1) is 9.09. The quantitative estimate of drug-likeness (QED) is 0.870. The smallest absolute Gasteiger partial charge is 0.0787 e. The first kappa shape index (κ1) is 15.0. The largest absolute Gasteiger partial charge is 0.389 e. The highest BCUT2D eigenvalue weighted by molar-refractivity contribution is 7.99. The van der Waals surface area contributed by atoms with Crippen molar-refractivity contribution < 1.29 is 9.32 Å². The van der Waals surface area contributed by atoms with E-state index in [1.54, 1.807) is 6.26 Å². The molecule has 19 heavy (non-hydrogen) atoms. The fraction of sp³-hybridized carbons (Fsp3) is 0.571. The van der Waals surface area contributed by atoms with Crippen LogP contribution in [0.3, 0.4) is 0 Å². The molecular weight excluding hydrogens is 278 g/mol. The maximum absolute atomic E-state index is 11.3. The molecule has 1 aliphatic rings. The Bertz CT molecular complexity index is 428. The lowest BCUT2D eigenvalue weighted by molar-refractivity contribution is 0.0320. The Morgan fingerprint density at radius 2 is 1.95 bits per heavy atom. The molecule has 0 bridgehead atoms. The van der Waals surface area contributed by atoms with Crippen molar-refractivity contribution >= 4 is 22.6 Å². The molecule has 1 aliphatic heterocycles. The molecule has 1 saturated heterocycles. The summed E-state index contributed by atoms with van der Waals surface area (Å²) in [6, 6.07) is 7.78. The van der Waals surface area contributed by atoms with Gasteiger partial charge in [0.25, 0.3) is 0 Å². The Hall–Kier alpha value is -0.360. The van der Waals surface area contributed by atoms with Gasteiger partial charge < -0.3 is 10.4 Å². The van der Waals surface area contributed by atoms with E-state index in [1.807, 2.05) is 36.0 Å². The molecule has 0 radical (unpaired) electrons. The predicted molar refractivity (Wildman–Crippen MR) is 82.0 cm³/mol. The molecule has 0 amide bonds. The van der Waals surface area contributed by atoms with E-state index < -0.39 is 16.4 Å². The Labute approximate surface area is 121 Å². The van der Waals surface area contributed by atoms with Crippen LogP contribution in [0.4, 0.5) is 0 Å². The van der Waals surface area contributed by atoms with Crippen molar-refractivity contribution in [2.24, 2.45) is 0 Å². The van der Waals surface area contributed by atoms with Crippen molar-refractivity contribution in [1.82, 2.24) is 5.32 Å². The summed E-state index contributed by atoms with van der Waals surface area (Å²) < 4.78 is 11.3. The Balaban J connectivity index is 1.80. The minimum absolute atomic E-state index is 0.532. The molecule has 2 N–H and O–H groups in total. The second kappa shape index (κ2) is 6.88. The molecule has 0 spiro atoms. The summed E-state index contributed by atoms with van der Waals surface area (Å²) >= 11 is 1.91. The van der Waals surface area contributed by atoms with Gasteiger partial charge in [-0.2, -0.15) is 11.8 Å². The fourth-order valence-electron chi connectivity index (χ4n) is 2.17. The monoisotopic (exact) mass is 299 g/mol. The van der Waals surface area contributed by atoms with Crippen LogP contribution in [0.25, 0.3) is 0 Å². The van der Waals surface area contributed by atoms with Crippen LogP contribution in [0.15, 0.2) is 29.2 Å². The molecular formula is C14H21NO2S2. The minimum atomic E-state index is -0.916. The van der Waals surface area contributed by atoms with Crippen molar-refractivity contribution in [3.05, 3.63) is 29.8 Å². The van der Waals surface area contributed by atoms with E-state index in [-0.39, 0.29) is 0 Å². The summed E-state index contributed by atoms with van der Waals surface area (Å²) in [5.74, 6) is 2.10. The maximum atomic E-state index is 11.3. The first-order valence-corrected chi connectivity index (χ1v) is 9.24. The van der Waals surface area contributed by atoms with Crippen LogP contribution in [0.5, 0.6) is 0 Å². The van der Waals surface area contributed by atoms with Gasteiger partial charge in [-0.25, -0.2) is 0 Å². The highest BCUT2D eigenvalue weighted by atomic mass is 32.2. The third-order valence-corrected chi connectivity index (χ3v) is 5.38. The third kappa shape index (κ3) is 4.60. The molecule has 1 atom stereocenters. The maximum Gasteiger partial charge on any atom is 0.0787 e. The molecule has 5 heteroatoms. The van der Waals surface area contributed by atoms with Gasteiger partial charge >= 0.3 is 0 Å². The molecule has 1 unspecified atom stereocenters. The number of nitrogens with one attached hydrogen (secondary N) is 1. The highest BCUT2D eigenvalue weighted by Gasteiger charge is 2.28. The summed E-state index contributed by atoms with van der Waals surface area (Å²) in [5.41, 5.74) is 0.624. The lowest BCUT2D eigenvalue weighted by Crippen LogP contribution is -2.43. The van der Waals surface area contributed by atoms with Crippen LogP contribution in [-0.2, 0) is 17.3 Å². The topological polar surface area (TPSA) is 49.3 Å². The third-order valence-electron chi connectivity index (χ3n) is 3.46. The van der Waals surface area contributed by atoms with Crippen LogP contribution < -0.4 is 5.32 Å². The van der Waals surface area contributed by atoms with E-state index in [0.717, 1.165) is 41.4 Å². The van der Waals surface area contributed by atoms with Gasteiger partial charge in [0.15, 0.2) is 0 Å². The van der Waals surface area contributed by atoms with E-state index in [2.05, 4.69) is 5.32 Å². The molecule has 106 valence electrons. The van der Waals surface area contributed by atoms with Gasteiger partial charge in [0, 0.05) is 35.0 Å². The zero-order chi connectivity index (χ0) is 13.7. The van der Waals surface area contributed by atoms with Gasteiger partial charge in [0.2, 0.25) is 0 Å². The van der Waals surface area contributed by atoms with Gasteiger partial charge in [-0.3, -0.25) is 4.21 Å². The lowest BCUT2D eigenvalue weighted by Gasteiger charge is -2.32. The van der Waals surface area contributed by atoms with Crippen LogP contribution in [-0.4, -0.2) is 39.2 Å². The molecule has 3 nitrogen and oxygen atoms in total. The van der Waals surface area contributed by atoms with Crippen LogP contribution in [0.1, 0.15) is 18.4 Å². The van der Waals surface area contributed by atoms with E-state index in [9.17, 15) is 9.32 Å². The fourth-order valence-corrected chi connectivity index (χ4v) is 3.94. The van der Waals surface area contributed by atoms with Crippen molar-refractivity contribution in [3.63, 3.8) is 0 Å². The SMILES string of the molecule is CS(=O)c1ccc(CNCC2(O)CCSCC2)cc1. The van der Waals surface area contributed by atoms with Crippen LogP contribution >= 0.6 is 11.8 Å². The summed E-state index contributed by atoms with van der Waals surface area (Å²) in [7, 11) is -0.916. The standard InChI is InChI=1S/C14H21NO2S2/c1-19(17)13-4-2-12(3-5-13)10-15-11-14(16)6-8-18-9-7-14/h2-5,15-16H,6-11H2,1H3. The molecule has 0 saturated carbocycles. The Kier molecular flexibility index (Phi) is 5.45. The first-order valence-electron chi connectivity index (χ1n) is 6.52. The average molecular weight is 299 g/mol. The number of thioether (sulfide) groups is 1. The average Bonchev–Trinajstić information content (AvgIpc) is 2.40. The molecule has 1 aromatic carbocycles. The summed E-state index contributed by atoms with van der Waals surface area (Å²) in [4.78, 5) is 0.853. The number of rotatable bonds is 5. The van der Waals surface area contributed by atoms with E-state index in [1.165, 1.54) is 0 Å². The number of benzene rings is 1. The van der Waals surface area contributed by atoms with E-state index in [4.69, 9.17) is 0 Å². The zero-order valence-electron chi connectivity index (χ0n) is 11.2. The number of hydrogen-bond acceptors (Lipinski definition) is 4. The molecule has 0 aliphatic carbocycles. The van der Waals surface area contributed by atoms with Crippen LogP contribution in [0, 0.1) is 0 Å². The Morgan fingerprint density at radius 3 is 2.53 bits per heavy atom. The van der Waals surface area contributed by atoms with E-state index in [0.29, 0.717) is 6.54 Å². The number of hydrogen-bond donors (Lipinski definition) is 2. The number of aliphatic hydroxyl groups is 1. The molecule has 1 heterocycles. The van der Waals surface area contributed by atoms with Gasteiger partial charge in [-0.05, 0) is 42.0 Å². The minimum Gasteiger partial charge on any atom is -0.389 e. The normalized spacial score (nSPS) is 20.1. The van der Waals surface area contributed by atoms with Gasteiger partial charge in [-0.1, -0.05) is 12.1 Å². The van der Waals surface area contributed by atoms with E-state index >= 15 is 0 Å². The second-order valence-corrected chi connectivity index (χ2v) is 7.64. The summed E-state index contributed by atoms with van der Waals surface area (Å²) in [5, 5.41) is 13.7. The lowest BCUT2D eigenvalue weighted by atomic mass is 9.97. The van der Waals surface area contributed by atoms with Gasteiger partial charge in [0.05, 0.1) is 5.60 Å². The molecule has 2 rings (SSSR count). The molecule has 0 aromatic heterocycles. The second-order valence-electron chi connectivity index (χ2n) is 5.04. The van der Waals surface area contributed by atoms with Crippen molar-refractivity contribution in [2.45, 2.75) is 29.9 Å². The molecule has 1 aromatic rings. The molecule has 1 fully saturated rings. The van der Waals surface area contributed by atoms with Gasteiger partial charge in [-0.15, -0.1) is 0 Å². The van der Waals surface area contributed by atoms with Crippen molar-refractivity contribution in [1.29, 1.82) is 0 Å². The highest BCUT2D eigenvalue weighted by Crippen LogP contribution is 2.26. The summed E-state index contributed by atoms with van der Waals surface area (Å²) in [6.07, 6.45) is 3.43. The van der Waals surface area contributed by atoms with Crippen molar-refractivity contribution in [3.8, 4) is 0 Å². The predicted octanol–water partition coefficient (Wildman–Crippen LogP) is 1.77. The van der Waals surface area contributed by atoms with Crippen LogP contribution in [0.2, 0.25) is 0 Å².